The number of hydrogen-bond acceptors (Lipinski definition) is 6. The van der Waals surface area contributed by atoms with Crippen LogP contribution in [0.25, 0.3) is 27.9 Å². The van der Waals surface area contributed by atoms with E-state index in [0.29, 0.717) is 42.8 Å². The Bertz CT molecular complexity index is 1380. The van der Waals surface area contributed by atoms with Crippen LogP contribution in [0.5, 0.6) is 0 Å². The third-order valence-electron chi connectivity index (χ3n) is 6.35. The van der Waals surface area contributed by atoms with Gasteiger partial charge in [0.1, 0.15) is 0 Å². The maximum atomic E-state index is 13.4. The zero-order chi connectivity index (χ0) is 22.2. The molecule has 1 saturated carbocycles. The van der Waals surface area contributed by atoms with Gasteiger partial charge in [-0.3, -0.25) is 9.13 Å². The van der Waals surface area contributed by atoms with Crippen LogP contribution in [0.2, 0.25) is 0 Å². The van der Waals surface area contributed by atoms with Crippen molar-refractivity contribution in [1.82, 2.24) is 29.0 Å². The van der Waals surface area contributed by atoms with Crippen LogP contribution in [-0.2, 0) is 6.54 Å². The fraction of sp³-hybridized carbons (Fsp3) is 0.391. The van der Waals surface area contributed by atoms with Gasteiger partial charge in [-0.1, -0.05) is 0 Å². The lowest BCUT2D eigenvalue weighted by molar-refractivity contribution is 0.110. The van der Waals surface area contributed by atoms with Crippen LogP contribution in [0.4, 0.5) is 0 Å². The third-order valence-corrected chi connectivity index (χ3v) is 6.35. The number of nitrogens with zero attached hydrogens (tertiary/aromatic N) is 6. The molecule has 0 saturated heterocycles. The van der Waals surface area contributed by atoms with Crippen molar-refractivity contribution in [2.24, 2.45) is 0 Å². The molecule has 0 bridgehead atoms. The van der Waals surface area contributed by atoms with E-state index >= 15 is 0 Å². The van der Waals surface area contributed by atoms with Crippen LogP contribution in [0.15, 0.2) is 41.5 Å². The molecule has 0 radical (unpaired) electrons. The summed E-state index contributed by atoms with van der Waals surface area (Å²) in [6, 6.07) is 9.55. The third kappa shape index (κ3) is 3.38. The Morgan fingerprint density at radius 3 is 2.78 bits per heavy atom. The van der Waals surface area contributed by atoms with Gasteiger partial charge in [0.05, 0.1) is 40.7 Å². The van der Waals surface area contributed by atoms with E-state index in [-0.39, 0.29) is 17.8 Å². The van der Waals surface area contributed by atoms with Crippen molar-refractivity contribution in [3.05, 3.63) is 52.7 Å². The van der Waals surface area contributed by atoms with Gasteiger partial charge in [-0.25, -0.2) is 14.3 Å². The number of nitrogens with one attached hydrogen (secondary N) is 1. The van der Waals surface area contributed by atoms with Gasteiger partial charge in [-0.05, 0) is 57.0 Å². The average Bonchev–Trinajstić information content (AvgIpc) is 3.35. The Balaban J connectivity index is 1.68. The molecule has 164 valence electrons. The highest BCUT2D eigenvalue weighted by molar-refractivity contribution is 5.83. The molecule has 1 fully saturated rings. The normalized spacial score (nSPS) is 18.9. The Hall–Kier alpha value is -3.48. The lowest BCUT2D eigenvalue weighted by atomic mass is 9.93. The molecule has 0 amide bonds. The lowest BCUT2D eigenvalue weighted by Crippen LogP contribution is -2.32. The molecule has 1 aliphatic rings. The van der Waals surface area contributed by atoms with E-state index in [1.54, 1.807) is 33.6 Å². The highest BCUT2D eigenvalue weighted by Crippen LogP contribution is 2.31. The van der Waals surface area contributed by atoms with E-state index < -0.39 is 0 Å². The largest absolute Gasteiger partial charge is 0.393 e. The molecule has 0 unspecified atom stereocenters. The van der Waals surface area contributed by atoms with Crippen LogP contribution in [0, 0.1) is 11.3 Å². The second-order valence-electron chi connectivity index (χ2n) is 8.32. The molecule has 1 aliphatic carbocycles. The Morgan fingerprint density at radius 1 is 1.22 bits per heavy atom. The fourth-order valence-corrected chi connectivity index (χ4v) is 4.64. The van der Waals surface area contributed by atoms with E-state index in [0.717, 1.165) is 29.4 Å². The summed E-state index contributed by atoms with van der Waals surface area (Å²) in [4.78, 5) is 18.3. The van der Waals surface area contributed by atoms with E-state index in [9.17, 15) is 15.2 Å². The molecule has 9 heteroatoms. The summed E-state index contributed by atoms with van der Waals surface area (Å²) in [5.74, 6) is 0. The van der Waals surface area contributed by atoms with E-state index in [1.165, 1.54) is 0 Å². The summed E-state index contributed by atoms with van der Waals surface area (Å²) in [5, 5.41) is 26.7. The summed E-state index contributed by atoms with van der Waals surface area (Å²) in [7, 11) is 1.86. The van der Waals surface area contributed by atoms with Gasteiger partial charge < -0.3 is 10.4 Å². The first kappa shape index (κ1) is 20.4. The molecule has 4 heterocycles. The maximum Gasteiger partial charge on any atom is 0.330 e. The minimum Gasteiger partial charge on any atom is -0.393 e. The zero-order valence-corrected chi connectivity index (χ0v) is 17.9. The minimum atomic E-state index is -0.295. The minimum absolute atomic E-state index is 0.0149. The summed E-state index contributed by atoms with van der Waals surface area (Å²) in [6.07, 6.45) is 6.07. The van der Waals surface area contributed by atoms with Crippen molar-refractivity contribution in [3.63, 3.8) is 0 Å². The lowest BCUT2D eigenvalue weighted by Gasteiger charge is -2.26. The van der Waals surface area contributed by atoms with E-state index in [4.69, 9.17) is 4.98 Å². The van der Waals surface area contributed by atoms with Gasteiger partial charge in [-0.2, -0.15) is 10.4 Å². The number of aromatic nitrogens is 5. The zero-order valence-electron chi connectivity index (χ0n) is 17.9. The van der Waals surface area contributed by atoms with Crippen molar-refractivity contribution in [2.75, 3.05) is 13.6 Å². The molecular weight excluding hydrogens is 406 g/mol. The smallest absolute Gasteiger partial charge is 0.330 e. The quantitative estimate of drug-likeness (QED) is 0.500. The molecule has 4 aromatic rings. The fourth-order valence-electron chi connectivity index (χ4n) is 4.64. The predicted molar refractivity (Wildman–Crippen MR) is 120 cm³/mol. The van der Waals surface area contributed by atoms with Crippen LogP contribution >= 0.6 is 0 Å². The Labute approximate surface area is 184 Å². The Kier molecular flexibility index (Phi) is 5.25. The number of aliphatic hydroxyl groups is 1. The number of fused-ring (bicyclic) bond motifs is 2. The van der Waals surface area contributed by atoms with Crippen molar-refractivity contribution < 1.29 is 5.11 Å². The van der Waals surface area contributed by atoms with Gasteiger partial charge in [0.25, 0.3) is 0 Å². The van der Waals surface area contributed by atoms with Crippen LogP contribution < -0.4 is 11.0 Å². The number of rotatable bonds is 5. The maximum absolute atomic E-state index is 13.4. The molecule has 0 aliphatic heterocycles. The number of hydrogen-bond donors (Lipinski definition) is 2. The first-order valence-corrected chi connectivity index (χ1v) is 10.9. The van der Waals surface area contributed by atoms with Gasteiger partial charge in [-0.15, -0.1) is 0 Å². The topological polar surface area (TPSA) is 113 Å². The molecular formula is C23H25N7O2. The van der Waals surface area contributed by atoms with E-state index in [2.05, 4.69) is 16.5 Å². The second kappa shape index (κ2) is 8.22. The molecule has 0 aromatic carbocycles. The van der Waals surface area contributed by atoms with Crippen LogP contribution in [-0.4, -0.2) is 48.5 Å². The number of nitriles is 1. The molecule has 5 rings (SSSR count). The molecule has 9 nitrogen and oxygen atoms in total. The van der Waals surface area contributed by atoms with Gasteiger partial charge in [0.15, 0.2) is 5.65 Å². The number of imidazole rings is 1. The second-order valence-corrected chi connectivity index (χ2v) is 8.32. The van der Waals surface area contributed by atoms with Gasteiger partial charge >= 0.3 is 5.69 Å². The van der Waals surface area contributed by atoms with Crippen LogP contribution in [0.3, 0.4) is 0 Å². The number of aliphatic hydroxyl groups excluding tert-OH is 1. The standard InChI is InChI=1S/C23H25N7O2/c1-25-9-11-28-20-7-6-19(18-14-26-29-10-8-15(13-24)12-21(18)29)27-22(20)30(23(28)32)16-2-4-17(31)5-3-16/h6-8,10,12,14,16-17,25,31H,2-5,9,11H2,1H3/t16-,17-. The summed E-state index contributed by atoms with van der Waals surface area (Å²) < 4.78 is 5.31. The van der Waals surface area contributed by atoms with Gasteiger partial charge in [0, 0.05) is 30.9 Å². The Morgan fingerprint density at radius 2 is 2.03 bits per heavy atom. The van der Waals surface area contributed by atoms with Crippen molar-refractivity contribution >= 4 is 16.7 Å². The first-order valence-electron chi connectivity index (χ1n) is 10.9. The molecule has 0 spiro atoms. The van der Waals surface area contributed by atoms with Crippen LogP contribution in [0.1, 0.15) is 37.3 Å². The SMILES string of the molecule is CNCCn1c(=O)n([C@H]2CC[C@H](O)CC2)c2nc(-c3cnn4ccc(C#N)cc34)ccc21. The molecule has 2 N–H and O–H groups in total. The molecule has 4 aromatic heterocycles. The molecule has 32 heavy (non-hydrogen) atoms. The van der Waals surface area contributed by atoms with Crippen molar-refractivity contribution in [1.29, 1.82) is 5.26 Å². The molecule has 0 atom stereocenters. The summed E-state index contributed by atoms with van der Waals surface area (Å²) in [6.45, 7) is 1.23. The highest BCUT2D eigenvalue weighted by Gasteiger charge is 2.26. The number of likely N-dealkylation sites (N-methyl/N-ethyl adjacent to an activating group) is 1. The average molecular weight is 432 g/mol. The monoisotopic (exact) mass is 431 g/mol. The summed E-state index contributed by atoms with van der Waals surface area (Å²) in [5.41, 5.74) is 4.25. The highest BCUT2D eigenvalue weighted by atomic mass is 16.3. The van der Waals surface area contributed by atoms with E-state index in [1.807, 2.05) is 23.7 Å². The van der Waals surface area contributed by atoms with Gasteiger partial charge in [0.2, 0.25) is 0 Å². The predicted octanol–water partition coefficient (Wildman–Crippen LogP) is 2.08. The van der Waals surface area contributed by atoms with Crippen molar-refractivity contribution in [3.8, 4) is 17.3 Å². The van der Waals surface area contributed by atoms with Crippen molar-refractivity contribution in [2.45, 2.75) is 44.4 Å². The first-order chi connectivity index (χ1) is 15.6. The number of pyridine rings is 2. The summed E-state index contributed by atoms with van der Waals surface area (Å²) >= 11 is 0.